The van der Waals surface area contributed by atoms with Crippen LogP contribution in [-0.4, -0.2) is 20.5 Å². The van der Waals surface area contributed by atoms with Gasteiger partial charge in [-0.2, -0.15) is 0 Å². The summed E-state index contributed by atoms with van der Waals surface area (Å²) in [6, 6.07) is 7.69. The number of carboxylic acids is 1. The van der Waals surface area contributed by atoms with E-state index < -0.39 is 16.8 Å². The zero-order valence-electron chi connectivity index (χ0n) is 11.7. The second kappa shape index (κ2) is 6.28. The van der Waals surface area contributed by atoms with Crippen molar-refractivity contribution in [1.29, 1.82) is 0 Å². The van der Waals surface area contributed by atoms with E-state index in [1.807, 2.05) is 24.3 Å². The molecule has 21 heavy (non-hydrogen) atoms. The van der Waals surface area contributed by atoms with Crippen molar-refractivity contribution in [3.63, 3.8) is 0 Å². The number of rotatable bonds is 4. The third-order valence-corrected chi connectivity index (χ3v) is 7.09. The van der Waals surface area contributed by atoms with Crippen LogP contribution in [0.3, 0.4) is 0 Å². The van der Waals surface area contributed by atoms with E-state index in [0.29, 0.717) is 10.6 Å². The fourth-order valence-electron chi connectivity index (χ4n) is 3.00. The molecule has 1 aromatic heterocycles. The van der Waals surface area contributed by atoms with E-state index in [1.165, 1.54) is 17.8 Å². The van der Waals surface area contributed by atoms with Gasteiger partial charge >= 0.3 is 5.97 Å². The molecule has 0 spiro atoms. The van der Waals surface area contributed by atoms with Crippen molar-refractivity contribution in [2.45, 2.75) is 43.1 Å². The van der Waals surface area contributed by atoms with E-state index in [1.54, 1.807) is 0 Å². The van der Waals surface area contributed by atoms with E-state index in [9.17, 15) is 14.1 Å². The fraction of sp³-hybridized carbons (Fsp3) is 0.438. The highest BCUT2D eigenvalue weighted by molar-refractivity contribution is 7.84. The van der Waals surface area contributed by atoms with Gasteiger partial charge in [0.25, 0.3) is 0 Å². The summed E-state index contributed by atoms with van der Waals surface area (Å²) in [5.41, 5.74) is 0.756. The first-order chi connectivity index (χ1) is 10.2. The first-order valence-corrected chi connectivity index (χ1v) is 9.47. The number of hydrogen-bond donors (Lipinski definition) is 1. The molecule has 5 heteroatoms. The molecule has 1 fully saturated rings. The number of hydrogen-bond acceptors (Lipinski definition) is 3. The molecule has 0 bridgehead atoms. The first kappa shape index (κ1) is 14.7. The standard InChI is InChI=1S/C16H18O3S2/c17-16(18)15-13(12-8-4-5-9-14(12)20-15)10-21(19)11-6-2-1-3-7-11/h4-5,8-9,11H,1-3,6-7,10H2,(H,17,18). The molecule has 1 saturated carbocycles. The van der Waals surface area contributed by atoms with E-state index in [4.69, 9.17) is 0 Å². The molecule has 3 nitrogen and oxygen atoms in total. The number of carbonyl (C=O) groups is 1. The number of fused-ring (bicyclic) bond motifs is 1. The third kappa shape index (κ3) is 3.04. The molecule has 1 heterocycles. The Kier molecular flexibility index (Phi) is 4.40. The summed E-state index contributed by atoms with van der Waals surface area (Å²) >= 11 is 1.29. The van der Waals surface area contributed by atoms with Crippen LogP contribution >= 0.6 is 11.3 Å². The van der Waals surface area contributed by atoms with Gasteiger partial charge in [0.05, 0.1) is 5.75 Å². The molecule has 0 aliphatic heterocycles. The molecular formula is C16H18O3S2. The van der Waals surface area contributed by atoms with Crippen LogP contribution < -0.4 is 0 Å². The summed E-state index contributed by atoms with van der Waals surface area (Å²) in [6.45, 7) is 0. The molecular weight excluding hydrogens is 304 g/mol. The fourth-order valence-corrected chi connectivity index (χ4v) is 5.83. The molecule has 1 aromatic carbocycles. The van der Waals surface area contributed by atoms with Crippen LogP contribution in [0.2, 0.25) is 0 Å². The number of thiophene rings is 1. The topological polar surface area (TPSA) is 54.4 Å². The predicted octanol–water partition coefficient (Wildman–Crippen LogP) is 4.18. The molecule has 2 aromatic rings. The molecule has 1 aliphatic carbocycles. The smallest absolute Gasteiger partial charge is 0.346 e. The SMILES string of the molecule is O=C(O)c1sc2ccccc2c1CS(=O)C1CCCCC1. The van der Waals surface area contributed by atoms with Crippen molar-refractivity contribution < 1.29 is 14.1 Å². The second-order valence-electron chi connectivity index (χ2n) is 5.50. The molecule has 1 aliphatic rings. The van der Waals surface area contributed by atoms with Crippen molar-refractivity contribution in [2.75, 3.05) is 0 Å². The zero-order chi connectivity index (χ0) is 14.8. The molecule has 0 amide bonds. The minimum absolute atomic E-state index is 0.235. The van der Waals surface area contributed by atoms with Crippen LogP contribution in [0.5, 0.6) is 0 Å². The van der Waals surface area contributed by atoms with E-state index in [-0.39, 0.29) is 5.25 Å². The van der Waals surface area contributed by atoms with Gasteiger partial charge in [-0.15, -0.1) is 11.3 Å². The van der Waals surface area contributed by atoms with Gasteiger partial charge < -0.3 is 5.11 Å². The van der Waals surface area contributed by atoms with Crippen molar-refractivity contribution >= 4 is 38.2 Å². The highest BCUT2D eigenvalue weighted by Gasteiger charge is 2.24. The van der Waals surface area contributed by atoms with Crippen molar-refractivity contribution in [2.24, 2.45) is 0 Å². The molecule has 112 valence electrons. The lowest BCUT2D eigenvalue weighted by Crippen LogP contribution is -2.20. The van der Waals surface area contributed by atoms with Crippen LogP contribution in [0.15, 0.2) is 24.3 Å². The van der Waals surface area contributed by atoms with Crippen LogP contribution in [0, 0.1) is 0 Å². The van der Waals surface area contributed by atoms with Gasteiger partial charge in [-0.25, -0.2) is 4.79 Å². The minimum atomic E-state index is -0.975. The largest absolute Gasteiger partial charge is 0.477 e. The van der Waals surface area contributed by atoms with Crippen molar-refractivity contribution in [3.05, 3.63) is 34.7 Å². The van der Waals surface area contributed by atoms with Crippen molar-refractivity contribution in [3.8, 4) is 0 Å². The van der Waals surface area contributed by atoms with Gasteiger partial charge in [0, 0.05) is 20.7 Å². The van der Waals surface area contributed by atoms with Gasteiger partial charge in [0.1, 0.15) is 4.88 Å². The van der Waals surface area contributed by atoms with Crippen LogP contribution in [-0.2, 0) is 16.6 Å². The lowest BCUT2D eigenvalue weighted by atomic mass is 10.0. The van der Waals surface area contributed by atoms with Gasteiger partial charge in [0.2, 0.25) is 0 Å². The summed E-state index contributed by atoms with van der Waals surface area (Å²) in [6.07, 6.45) is 5.54. The first-order valence-electron chi connectivity index (χ1n) is 7.27. The summed E-state index contributed by atoms with van der Waals surface area (Å²) in [4.78, 5) is 11.8. The zero-order valence-corrected chi connectivity index (χ0v) is 13.3. The van der Waals surface area contributed by atoms with Gasteiger partial charge in [-0.1, -0.05) is 37.5 Å². The lowest BCUT2D eigenvalue weighted by molar-refractivity contribution is 0.0701. The van der Waals surface area contributed by atoms with Gasteiger partial charge in [0.15, 0.2) is 0 Å². The molecule has 3 rings (SSSR count). The Morgan fingerprint density at radius 1 is 1.24 bits per heavy atom. The highest BCUT2D eigenvalue weighted by atomic mass is 32.2. The monoisotopic (exact) mass is 322 g/mol. The lowest BCUT2D eigenvalue weighted by Gasteiger charge is -2.20. The number of aromatic carboxylic acids is 1. The highest BCUT2D eigenvalue weighted by Crippen LogP contribution is 2.33. The Balaban J connectivity index is 1.93. The molecule has 1 N–H and O–H groups in total. The Morgan fingerprint density at radius 2 is 1.95 bits per heavy atom. The third-order valence-electron chi connectivity index (χ3n) is 4.10. The van der Waals surface area contributed by atoms with Crippen LogP contribution in [0.4, 0.5) is 0 Å². The van der Waals surface area contributed by atoms with E-state index in [0.717, 1.165) is 41.3 Å². The maximum Gasteiger partial charge on any atom is 0.346 e. The summed E-state index contributed by atoms with van der Waals surface area (Å²) in [7, 11) is -0.975. The maximum atomic E-state index is 12.6. The Bertz CT molecular complexity index is 684. The molecule has 0 saturated heterocycles. The summed E-state index contributed by atoms with van der Waals surface area (Å²) in [5.74, 6) is -0.539. The number of benzene rings is 1. The predicted molar refractivity (Wildman–Crippen MR) is 87.5 cm³/mol. The summed E-state index contributed by atoms with van der Waals surface area (Å²) in [5, 5.41) is 10.6. The Morgan fingerprint density at radius 3 is 2.67 bits per heavy atom. The maximum absolute atomic E-state index is 12.6. The van der Waals surface area contributed by atoms with E-state index >= 15 is 0 Å². The summed E-state index contributed by atoms with van der Waals surface area (Å²) < 4.78 is 13.6. The normalized spacial score (nSPS) is 17.9. The second-order valence-corrected chi connectivity index (χ2v) is 8.27. The van der Waals surface area contributed by atoms with E-state index in [2.05, 4.69) is 0 Å². The Hall–Kier alpha value is -1.20. The Labute approximate surface area is 130 Å². The van der Waals surface area contributed by atoms with Crippen molar-refractivity contribution in [1.82, 2.24) is 0 Å². The van der Waals surface area contributed by atoms with Gasteiger partial charge in [-0.05, 0) is 29.9 Å². The molecule has 1 unspecified atom stereocenters. The average molecular weight is 322 g/mol. The van der Waals surface area contributed by atoms with Gasteiger partial charge in [-0.3, -0.25) is 4.21 Å². The van der Waals surface area contributed by atoms with Crippen LogP contribution in [0.25, 0.3) is 10.1 Å². The number of carboxylic acid groups (broad SMARTS) is 1. The quantitative estimate of drug-likeness (QED) is 0.918. The minimum Gasteiger partial charge on any atom is -0.477 e. The molecule has 0 radical (unpaired) electrons. The molecule has 1 atom stereocenters. The average Bonchev–Trinajstić information content (AvgIpc) is 2.87. The van der Waals surface area contributed by atoms with Crippen LogP contribution in [0.1, 0.15) is 47.3 Å².